The first-order valence-electron chi connectivity index (χ1n) is 8.68. The normalized spacial score (nSPS) is 32.0. The van der Waals surface area contributed by atoms with Gasteiger partial charge in [0, 0.05) is 7.05 Å². The Morgan fingerprint density at radius 1 is 1.17 bits per heavy atom. The van der Waals surface area contributed by atoms with Crippen LogP contribution in [0, 0.1) is 0 Å². The zero-order valence-corrected chi connectivity index (χ0v) is 16.1. The predicted octanol–water partition coefficient (Wildman–Crippen LogP) is 2.29. The second-order valence-electron chi connectivity index (χ2n) is 6.70. The molecule has 0 radical (unpaired) electrons. The number of benzene rings is 1. The topological polar surface area (TPSA) is 83.3 Å². The van der Waals surface area contributed by atoms with Crippen molar-refractivity contribution in [3.8, 4) is 0 Å². The Hall–Kier alpha value is -1.54. The molecule has 0 spiro atoms. The number of amidine groups is 1. The molecule has 0 saturated carbocycles. The van der Waals surface area contributed by atoms with Gasteiger partial charge in [0.2, 0.25) is 0 Å². The third-order valence-corrected chi connectivity index (χ3v) is 5.88. The number of aliphatic hydroxyl groups excluding tert-OH is 2. The van der Waals surface area contributed by atoms with Crippen LogP contribution in [-0.4, -0.2) is 64.5 Å². The fraction of sp³-hybridized carbons (Fsp3) is 0.588. The molecule has 6 atom stereocenters. The maximum absolute atomic E-state index is 13.7. The Kier molecular flexibility index (Phi) is 6.58. The van der Waals surface area contributed by atoms with Crippen LogP contribution in [0.1, 0.15) is 11.1 Å². The number of nitrogens with zero attached hydrogens (tertiary/aromatic N) is 1. The number of thioether (sulfide) groups is 1. The number of hydrogen-bond acceptors (Lipinski definition) is 6. The highest BCUT2D eigenvalue weighted by Crippen LogP contribution is 2.39. The number of hydrogen-bond donors (Lipinski definition) is 3. The van der Waals surface area contributed by atoms with Gasteiger partial charge in [-0.2, -0.15) is 26.3 Å². The summed E-state index contributed by atoms with van der Waals surface area (Å²) in [5.41, 5.74) is -2.63. The van der Waals surface area contributed by atoms with E-state index in [1.54, 1.807) is 0 Å². The van der Waals surface area contributed by atoms with Crippen LogP contribution in [0.5, 0.6) is 0 Å². The molecule has 2 saturated heterocycles. The van der Waals surface area contributed by atoms with Crippen LogP contribution >= 0.6 is 11.8 Å². The van der Waals surface area contributed by atoms with Gasteiger partial charge in [0.1, 0.15) is 23.7 Å². The molecular formula is C17H18F6N2O4S. The number of halogens is 6. The predicted molar refractivity (Wildman–Crippen MR) is 94.6 cm³/mol. The number of nitrogens with one attached hydrogen (secondary N) is 1. The smallest absolute Gasteiger partial charge is 0.388 e. The highest BCUT2D eigenvalue weighted by atomic mass is 32.2. The molecule has 1 aromatic carbocycles. The van der Waals surface area contributed by atoms with Crippen LogP contribution in [0.3, 0.4) is 0 Å². The number of ether oxygens (including phenoxy) is 2. The summed E-state index contributed by atoms with van der Waals surface area (Å²) in [6, 6.07) is 3.17. The molecule has 0 bridgehead atoms. The number of rotatable bonds is 4. The van der Waals surface area contributed by atoms with Crippen LogP contribution in [0.4, 0.5) is 26.3 Å². The van der Waals surface area contributed by atoms with Crippen molar-refractivity contribution in [2.45, 2.75) is 54.9 Å². The Balaban J connectivity index is 1.82. The van der Waals surface area contributed by atoms with E-state index in [-0.39, 0.29) is 0 Å². The van der Waals surface area contributed by atoms with Gasteiger partial charge in [-0.05, 0) is 11.6 Å². The summed E-state index contributed by atoms with van der Waals surface area (Å²) in [6.07, 6.45) is -18.3. The first-order chi connectivity index (χ1) is 13.9. The molecular weight excluding hydrogens is 442 g/mol. The summed E-state index contributed by atoms with van der Waals surface area (Å²) in [5.74, 6) is 0. The van der Waals surface area contributed by atoms with Gasteiger partial charge in [-0.3, -0.25) is 4.99 Å². The fourth-order valence-corrected chi connectivity index (χ4v) is 4.36. The van der Waals surface area contributed by atoms with Crippen LogP contribution in [0.25, 0.3) is 0 Å². The highest BCUT2D eigenvalue weighted by Gasteiger charge is 2.57. The number of aliphatic imine (C=N–C) groups is 1. The molecule has 2 fully saturated rings. The molecule has 1 aromatic rings. The van der Waals surface area contributed by atoms with E-state index in [0.29, 0.717) is 5.17 Å². The van der Waals surface area contributed by atoms with Crippen LogP contribution in [0.15, 0.2) is 29.3 Å². The molecule has 2 aliphatic heterocycles. The van der Waals surface area contributed by atoms with Gasteiger partial charge in [-0.1, -0.05) is 30.0 Å². The van der Waals surface area contributed by atoms with E-state index in [2.05, 4.69) is 10.3 Å². The van der Waals surface area contributed by atoms with Crippen LogP contribution < -0.4 is 5.32 Å². The maximum Gasteiger partial charge on any atom is 0.417 e. The molecule has 0 aliphatic carbocycles. The Bertz CT molecular complexity index is 790. The van der Waals surface area contributed by atoms with Gasteiger partial charge >= 0.3 is 12.4 Å². The van der Waals surface area contributed by atoms with E-state index in [1.807, 2.05) is 0 Å². The molecule has 0 amide bonds. The largest absolute Gasteiger partial charge is 0.417 e. The Morgan fingerprint density at radius 2 is 1.83 bits per heavy atom. The molecule has 6 nitrogen and oxygen atoms in total. The maximum atomic E-state index is 13.7. The molecule has 3 rings (SSSR count). The van der Waals surface area contributed by atoms with Gasteiger partial charge in [0.15, 0.2) is 11.3 Å². The molecule has 6 unspecified atom stereocenters. The average Bonchev–Trinajstić information content (AvgIpc) is 3.07. The summed E-state index contributed by atoms with van der Waals surface area (Å²) in [5, 5.41) is 23.5. The average molecular weight is 460 g/mol. The van der Waals surface area contributed by atoms with Crippen molar-refractivity contribution in [3.63, 3.8) is 0 Å². The minimum absolute atomic E-state index is 0.306. The van der Waals surface area contributed by atoms with E-state index in [0.717, 1.165) is 30.0 Å². The van der Waals surface area contributed by atoms with Gasteiger partial charge in [-0.25, -0.2) is 0 Å². The summed E-state index contributed by atoms with van der Waals surface area (Å²) in [7, 11) is 1.42. The molecule has 3 N–H and O–H groups in total. The van der Waals surface area contributed by atoms with Crippen LogP contribution in [0.2, 0.25) is 0 Å². The lowest BCUT2D eigenvalue weighted by molar-refractivity contribution is -0.287. The number of fused-ring (bicyclic) bond motifs is 1. The summed E-state index contributed by atoms with van der Waals surface area (Å²) >= 11 is 0.926. The molecule has 2 heterocycles. The van der Waals surface area contributed by atoms with E-state index in [9.17, 15) is 36.6 Å². The zero-order valence-electron chi connectivity index (χ0n) is 15.3. The second kappa shape index (κ2) is 8.54. The lowest BCUT2D eigenvalue weighted by atomic mass is 9.94. The van der Waals surface area contributed by atoms with Crippen molar-refractivity contribution >= 4 is 16.9 Å². The van der Waals surface area contributed by atoms with Crippen molar-refractivity contribution in [2.24, 2.45) is 4.99 Å². The van der Waals surface area contributed by atoms with Crippen molar-refractivity contribution in [1.29, 1.82) is 0 Å². The van der Waals surface area contributed by atoms with Gasteiger partial charge in [0.05, 0.1) is 18.2 Å². The van der Waals surface area contributed by atoms with Gasteiger partial charge in [-0.15, -0.1) is 0 Å². The Morgan fingerprint density at radius 3 is 2.43 bits per heavy atom. The molecule has 0 aromatic heterocycles. The fourth-order valence-electron chi connectivity index (χ4n) is 3.27. The SMILES string of the molecule is CN=C1NC2C(OC(C(OCc3ccccc3C(F)(F)F)C(F)(F)F)C(O)C2O)S1. The van der Waals surface area contributed by atoms with Crippen molar-refractivity contribution in [3.05, 3.63) is 35.4 Å². The van der Waals surface area contributed by atoms with Gasteiger partial charge < -0.3 is 25.0 Å². The lowest BCUT2D eigenvalue weighted by Crippen LogP contribution is -2.63. The van der Waals surface area contributed by atoms with Gasteiger partial charge in [0.25, 0.3) is 0 Å². The standard InChI is InChI=1S/C17H18F6N2O4S/c1-24-15-25-9-10(26)11(27)12(29-14(9)30-15)13(17(21,22)23)28-6-7-4-2-3-5-8(7)16(18,19)20/h2-5,9-14,26-27H,6H2,1H3,(H,24,25). The molecule has 168 valence electrons. The molecule has 30 heavy (non-hydrogen) atoms. The number of aliphatic hydroxyl groups is 2. The first kappa shape index (κ1) is 23.1. The second-order valence-corrected chi connectivity index (χ2v) is 7.78. The van der Waals surface area contributed by atoms with E-state index in [4.69, 9.17) is 9.47 Å². The van der Waals surface area contributed by atoms with Crippen molar-refractivity contribution in [1.82, 2.24) is 5.32 Å². The minimum Gasteiger partial charge on any atom is -0.388 e. The molecule has 2 aliphatic rings. The zero-order chi connectivity index (χ0) is 22.3. The van der Waals surface area contributed by atoms with Crippen LogP contribution in [-0.2, 0) is 22.3 Å². The minimum atomic E-state index is -5.08. The first-order valence-corrected chi connectivity index (χ1v) is 9.56. The quantitative estimate of drug-likeness (QED) is 0.599. The summed E-state index contributed by atoms with van der Waals surface area (Å²) < 4.78 is 90.4. The lowest BCUT2D eigenvalue weighted by Gasteiger charge is -2.42. The third kappa shape index (κ3) is 4.69. The third-order valence-electron chi connectivity index (χ3n) is 4.72. The molecule has 13 heteroatoms. The summed E-state index contributed by atoms with van der Waals surface area (Å²) in [4.78, 5) is 3.83. The van der Waals surface area contributed by atoms with Crippen molar-refractivity contribution in [2.75, 3.05) is 7.05 Å². The monoisotopic (exact) mass is 460 g/mol. The highest BCUT2D eigenvalue weighted by molar-refractivity contribution is 8.14. The van der Waals surface area contributed by atoms with E-state index < -0.39 is 66.0 Å². The van der Waals surface area contributed by atoms with E-state index >= 15 is 0 Å². The number of alkyl halides is 6. The van der Waals surface area contributed by atoms with E-state index in [1.165, 1.54) is 13.1 Å². The van der Waals surface area contributed by atoms with Crippen molar-refractivity contribution < 1.29 is 46.0 Å². The summed E-state index contributed by atoms with van der Waals surface area (Å²) in [6.45, 7) is -1.02. The Labute approximate surface area is 171 Å².